The van der Waals surface area contributed by atoms with Gasteiger partial charge in [0, 0.05) is 63.8 Å². The standard InChI is InChI=1S/C44H57ClF3N7O7/c45-35-26-29(25-34(40(35)49)44(46,47)48)27-37(62-43(60)54-20-13-33(14-21-54)55-22-12-32-5-1-2-6-36(32)50-42(55)59)41(58)53-18-10-31(11-19-53)30-8-16-51(17-9-30)28-39(57)61-24-23-52-15-4-3-7-38(52)56/h1-2,5-6,25-26,30-31,33,37H,3-4,7-24,27-28,49H2,(H,50,59)/t37-/m1/s1. The fourth-order valence-electron chi connectivity index (χ4n) is 9.69. The number of ether oxygens (including phenoxy) is 2. The summed E-state index contributed by atoms with van der Waals surface area (Å²) >= 11 is 6.16. The van der Waals surface area contributed by atoms with Crippen molar-refractivity contribution in [1.82, 2.24) is 24.5 Å². The predicted octanol–water partition coefficient (Wildman–Crippen LogP) is 6.05. The minimum absolute atomic E-state index is 0.0529. The van der Waals surface area contributed by atoms with Crippen molar-refractivity contribution in [3.8, 4) is 0 Å². The lowest BCUT2D eigenvalue weighted by molar-refractivity contribution is -0.147. The Bertz CT molecular complexity index is 1950. The number of hydrogen-bond donors (Lipinski definition) is 2. The first kappa shape index (κ1) is 45.3. The van der Waals surface area contributed by atoms with Crippen LogP contribution in [0.4, 0.5) is 34.1 Å². The number of benzene rings is 2. The van der Waals surface area contributed by atoms with Crippen molar-refractivity contribution in [1.29, 1.82) is 0 Å². The zero-order valence-corrected chi connectivity index (χ0v) is 35.8. The van der Waals surface area contributed by atoms with Crippen molar-refractivity contribution in [2.45, 2.75) is 89.0 Å². The molecule has 5 heterocycles. The van der Waals surface area contributed by atoms with Gasteiger partial charge in [0.25, 0.3) is 5.91 Å². The van der Waals surface area contributed by atoms with E-state index >= 15 is 0 Å². The second-order valence-electron chi connectivity index (χ2n) is 17.2. The Kier molecular flexibility index (Phi) is 14.7. The van der Waals surface area contributed by atoms with Crippen LogP contribution < -0.4 is 11.1 Å². The summed E-state index contributed by atoms with van der Waals surface area (Å²) in [7, 11) is 0. The molecule has 2 aromatic rings. The van der Waals surface area contributed by atoms with Crippen LogP contribution in [0.15, 0.2) is 36.4 Å². The van der Waals surface area contributed by atoms with Crippen LogP contribution in [0, 0.1) is 11.8 Å². The van der Waals surface area contributed by atoms with Crippen LogP contribution in [0.3, 0.4) is 0 Å². The molecular formula is C44H57ClF3N7O7. The molecule has 0 aliphatic carbocycles. The average molecular weight is 888 g/mol. The normalized spacial score (nSPS) is 20.6. The molecule has 7 rings (SSSR count). The van der Waals surface area contributed by atoms with Gasteiger partial charge in [-0.1, -0.05) is 29.8 Å². The molecule has 1 atom stereocenters. The van der Waals surface area contributed by atoms with E-state index in [0.29, 0.717) is 83.1 Å². The Morgan fingerprint density at radius 3 is 2.23 bits per heavy atom. The first-order chi connectivity index (χ1) is 29.7. The van der Waals surface area contributed by atoms with E-state index in [1.807, 2.05) is 24.3 Å². The highest BCUT2D eigenvalue weighted by Crippen LogP contribution is 2.39. The summed E-state index contributed by atoms with van der Waals surface area (Å²) in [6, 6.07) is 9.45. The SMILES string of the molecule is Nc1c(Cl)cc(C[C@@H](OC(=O)N2CCC(N3CCc4ccccc4NC3=O)CC2)C(=O)N2CCC(C3CCN(CC(=O)OCCN4CCCCC4=O)CC3)CC2)cc1C(F)(F)F. The predicted molar refractivity (Wildman–Crippen MR) is 225 cm³/mol. The highest BCUT2D eigenvalue weighted by molar-refractivity contribution is 6.33. The average Bonchev–Trinajstić information content (AvgIpc) is 3.43. The largest absolute Gasteiger partial charge is 0.463 e. The fourth-order valence-corrected chi connectivity index (χ4v) is 9.93. The van der Waals surface area contributed by atoms with E-state index < -0.39 is 35.5 Å². The Morgan fingerprint density at radius 2 is 1.53 bits per heavy atom. The Labute approximate surface area is 365 Å². The minimum Gasteiger partial charge on any atom is -0.463 e. The molecule has 0 radical (unpaired) electrons. The molecule has 14 nitrogen and oxygen atoms in total. The number of likely N-dealkylation sites (tertiary alicyclic amines) is 4. The number of hydrogen-bond acceptors (Lipinski definition) is 9. The van der Waals surface area contributed by atoms with Crippen molar-refractivity contribution in [3.63, 3.8) is 0 Å². The number of amides is 5. The highest BCUT2D eigenvalue weighted by atomic mass is 35.5. The number of para-hydroxylation sites is 1. The third-order valence-corrected chi connectivity index (χ3v) is 13.6. The third-order valence-electron chi connectivity index (χ3n) is 13.3. The van der Waals surface area contributed by atoms with Crippen LogP contribution in [0.5, 0.6) is 0 Å². The summed E-state index contributed by atoms with van der Waals surface area (Å²) in [6.45, 7) is 4.83. The van der Waals surface area contributed by atoms with Gasteiger partial charge in [-0.2, -0.15) is 13.2 Å². The molecule has 5 aliphatic heterocycles. The number of halogens is 4. The van der Waals surface area contributed by atoms with Gasteiger partial charge in [0.1, 0.15) is 6.61 Å². The van der Waals surface area contributed by atoms with E-state index in [9.17, 15) is 37.1 Å². The van der Waals surface area contributed by atoms with E-state index in [1.165, 1.54) is 11.0 Å². The summed E-state index contributed by atoms with van der Waals surface area (Å²) in [5.74, 6) is 0.0458. The zero-order valence-electron chi connectivity index (χ0n) is 35.0. The number of esters is 1. The van der Waals surface area contributed by atoms with Crippen LogP contribution >= 0.6 is 11.6 Å². The number of carbonyl (C=O) groups is 5. The molecule has 4 saturated heterocycles. The molecule has 62 heavy (non-hydrogen) atoms. The number of nitrogens with one attached hydrogen (secondary N) is 1. The monoisotopic (exact) mass is 887 g/mol. The van der Waals surface area contributed by atoms with Gasteiger partial charge in [-0.15, -0.1) is 0 Å². The van der Waals surface area contributed by atoms with E-state index in [4.69, 9.17) is 26.8 Å². The Hall–Kier alpha value is -4.77. The number of nitrogens with zero attached hydrogens (tertiary/aromatic N) is 5. The molecular weight excluding hydrogens is 831 g/mol. The molecule has 5 amide bonds. The molecule has 0 spiro atoms. The maximum Gasteiger partial charge on any atom is 0.418 e. The van der Waals surface area contributed by atoms with Gasteiger partial charge in [0.15, 0.2) is 6.10 Å². The first-order valence-corrected chi connectivity index (χ1v) is 22.3. The van der Waals surface area contributed by atoms with E-state index in [2.05, 4.69) is 10.2 Å². The molecule has 4 fully saturated rings. The summed E-state index contributed by atoms with van der Waals surface area (Å²) < 4.78 is 53.2. The van der Waals surface area contributed by atoms with Crippen molar-refractivity contribution in [3.05, 3.63) is 58.1 Å². The smallest absolute Gasteiger partial charge is 0.418 e. The van der Waals surface area contributed by atoms with Gasteiger partial charge in [0.05, 0.1) is 29.4 Å². The van der Waals surface area contributed by atoms with Crippen LogP contribution in [0.2, 0.25) is 5.02 Å². The van der Waals surface area contributed by atoms with E-state index in [-0.39, 0.29) is 67.2 Å². The lowest BCUT2D eigenvalue weighted by atomic mass is 9.78. The number of carbonyl (C=O) groups excluding carboxylic acids is 5. The molecule has 0 unspecified atom stereocenters. The second-order valence-corrected chi connectivity index (χ2v) is 17.6. The Morgan fingerprint density at radius 1 is 0.855 bits per heavy atom. The van der Waals surface area contributed by atoms with Gasteiger partial charge in [0.2, 0.25) is 5.91 Å². The van der Waals surface area contributed by atoms with E-state index in [1.54, 1.807) is 14.7 Å². The summed E-state index contributed by atoms with van der Waals surface area (Å²) in [6.07, 6.45) is -0.0370. The van der Waals surface area contributed by atoms with Crippen LogP contribution in [0.25, 0.3) is 0 Å². The summed E-state index contributed by atoms with van der Waals surface area (Å²) in [5.41, 5.74) is 5.82. The number of fused-ring (bicyclic) bond motifs is 1. The lowest BCUT2D eigenvalue weighted by Gasteiger charge is -2.41. The van der Waals surface area contributed by atoms with E-state index in [0.717, 1.165) is 56.1 Å². The summed E-state index contributed by atoms with van der Waals surface area (Å²) in [4.78, 5) is 74.4. The molecule has 3 N–H and O–H groups in total. The fraction of sp³-hybridized carbons (Fsp3) is 0.614. The van der Waals surface area contributed by atoms with Crippen molar-refractivity contribution in [2.75, 3.05) is 83.1 Å². The van der Waals surface area contributed by atoms with Crippen LogP contribution in [-0.4, -0.2) is 139 Å². The maximum atomic E-state index is 14.2. The summed E-state index contributed by atoms with van der Waals surface area (Å²) in [5, 5.41) is 2.67. The van der Waals surface area contributed by atoms with Crippen LogP contribution in [0.1, 0.15) is 74.5 Å². The molecule has 0 bridgehead atoms. The molecule has 338 valence electrons. The molecule has 18 heteroatoms. The third kappa shape index (κ3) is 11.2. The van der Waals surface area contributed by atoms with Crippen molar-refractivity contribution < 1.29 is 46.6 Å². The number of nitrogens with two attached hydrogens (primary N) is 1. The number of piperidine rings is 4. The van der Waals surface area contributed by atoms with Crippen molar-refractivity contribution >= 4 is 52.9 Å². The maximum absolute atomic E-state index is 14.2. The molecule has 0 saturated carbocycles. The van der Waals surface area contributed by atoms with Gasteiger partial charge in [-0.3, -0.25) is 19.3 Å². The highest BCUT2D eigenvalue weighted by Gasteiger charge is 2.39. The number of rotatable bonds is 11. The van der Waals surface area contributed by atoms with Crippen LogP contribution in [-0.2, 0) is 42.9 Å². The number of anilines is 2. The second kappa shape index (κ2) is 20.2. The lowest BCUT2D eigenvalue weighted by Crippen LogP contribution is -2.52. The number of alkyl halides is 3. The van der Waals surface area contributed by atoms with Gasteiger partial charge >= 0.3 is 24.3 Å². The van der Waals surface area contributed by atoms with Gasteiger partial charge in [-0.25, -0.2) is 9.59 Å². The molecule has 5 aliphatic rings. The zero-order chi connectivity index (χ0) is 44.0. The minimum atomic E-state index is -4.80. The van der Waals surface area contributed by atoms with Gasteiger partial charge < -0.3 is 40.1 Å². The topological polar surface area (TPSA) is 158 Å². The molecule has 0 aromatic heterocycles. The molecule has 2 aromatic carbocycles. The Balaban J connectivity index is 0.922. The number of nitrogen functional groups attached to an aromatic ring is 1. The quantitative estimate of drug-likeness (QED) is 0.203. The first-order valence-electron chi connectivity index (χ1n) is 21.9. The number of urea groups is 1. The van der Waals surface area contributed by atoms with Crippen molar-refractivity contribution in [2.24, 2.45) is 11.8 Å². The van der Waals surface area contributed by atoms with Gasteiger partial charge in [-0.05, 0) is 112 Å².